The highest BCUT2D eigenvalue weighted by molar-refractivity contribution is 9.11. The first kappa shape index (κ1) is 13.0. The molecular weight excluding hydrogens is 316 g/mol. The number of aromatic carboxylic acids is 1. The van der Waals surface area contributed by atoms with Crippen molar-refractivity contribution in [1.29, 1.82) is 0 Å². The molecule has 0 saturated carbocycles. The molecule has 2 N–H and O–H groups in total. The molecule has 0 saturated heterocycles. The molecule has 0 radical (unpaired) electrons. The number of halogens is 1. The monoisotopic (exact) mass is 326 g/mol. The van der Waals surface area contributed by atoms with Crippen molar-refractivity contribution in [2.24, 2.45) is 0 Å². The molecule has 0 unspecified atom stereocenters. The van der Waals surface area contributed by atoms with E-state index in [1.54, 1.807) is 23.5 Å². The standard InChI is InChI=1S/C12H11BrN2O2S/c13-10-5-4-8(18-10)6-7-14-11-3-1-2-9(15-11)12(16)17/h1-5H,6-7H2,(H,14,15)(H,16,17). The second kappa shape index (κ2) is 5.97. The van der Waals surface area contributed by atoms with Crippen LogP contribution in [0.4, 0.5) is 5.82 Å². The fourth-order valence-corrected chi connectivity index (χ4v) is 2.93. The summed E-state index contributed by atoms with van der Waals surface area (Å²) in [4.78, 5) is 16.0. The van der Waals surface area contributed by atoms with E-state index >= 15 is 0 Å². The predicted octanol–water partition coefficient (Wildman–Crippen LogP) is 3.26. The summed E-state index contributed by atoms with van der Waals surface area (Å²) in [5, 5.41) is 11.9. The smallest absolute Gasteiger partial charge is 0.354 e. The highest BCUT2D eigenvalue weighted by Crippen LogP contribution is 2.22. The van der Waals surface area contributed by atoms with Gasteiger partial charge in [-0.25, -0.2) is 9.78 Å². The lowest BCUT2D eigenvalue weighted by atomic mass is 10.3. The largest absolute Gasteiger partial charge is 0.477 e. The number of thiophene rings is 1. The van der Waals surface area contributed by atoms with Gasteiger partial charge in [-0.1, -0.05) is 6.07 Å². The maximum atomic E-state index is 10.8. The lowest BCUT2D eigenvalue weighted by Gasteiger charge is -2.04. The molecule has 4 nitrogen and oxygen atoms in total. The first-order valence-corrected chi connectivity index (χ1v) is 6.94. The van der Waals surface area contributed by atoms with Crippen LogP contribution in [0.2, 0.25) is 0 Å². The van der Waals surface area contributed by atoms with E-state index in [1.807, 2.05) is 6.07 Å². The number of pyridine rings is 1. The third kappa shape index (κ3) is 3.54. The lowest BCUT2D eigenvalue weighted by Crippen LogP contribution is -2.08. The number of carbonyl (C=O) groups is 1. The Morgan fingerprint density at radius 2 is 2.22 bits per heavy atom. The van der Waals surface area contributed by atoms with E-state index in [-0.39, 0.29) is 5.69 Å². The van der Waals surface area contributed by atoms with E-state index in [0.717, 1.165) is 16.8 Å². The zero-order chi connectivity index (χ0) is 13.0. The van der Waals surface area contributed by atoms with Gasteiger partial charge in [-0.3, -0.25) is 0 Å². The van der Waals surface area contributed by atoms with Gasteiger partial charge in [0, 0.05) is 11.4 Å². The zero-order valence-corrected chi connectivity index (χ0v) is 11.8. The Hall–Kier alpha value is -1.40. The van der Waals surface area contributed by atoms with E-state index in [9.17, 15) is 4.79 Å². The van der Waals surface area contributed by atoms with Crippen LogP contribution < -0.4 is 5.32 Å². The maximum absolute atomic E-state index is 10.8. The quantitative estimate of drug-likeness (QED) is 0.885. The van der Waals surface area contributed by atoms with Gasteiger partial charge < -0.3 is 10.4 Å². The van der Waals surface area contributed by atoms with Crippen molar-refractivity contribution in [3.63, 3.8) is 0 Å². The topological polar surface area (TPSA) is 62.2 Å². The number of aromatic nitrogens is 1. The minimum absolute atomic E-state index is 0.0545. The Morgan fingerprint density at radius 3 is 2.89 bits per heavy atom. The number of carboxylic acid groups (broad SMARTS) is 1. The average molecular weight is 327 g/mol. The van der Waals surface area contributed by atoms with Crippen molar-refractivity contribution in [1.82, 2.24) is 4.98 Å². The Balaban J connectivity index is 1.90. The van der Waals surface area contributed by atoms with Crippen molar-refractivity contribution in [2.75, 3.05) is 11.9 Å². The molecule has 2 aromatic heterocycles. The van der Waals surface area contributed by atoms with Crippen LogP contribution in [-0.4, -0.2) is 22.6 Å². The van der Waals surface area contributed by atoms with Gasteiger partial charge in [0.05, 0.1) is 3.79 Å². The zero-order valence-electron chi connectivity index (χ0n) is 9.39. The van der Waals surface area contributed by atoms with Gasteiger partial charge in [-0.2, -0.15) is 0 Å². The SMILES string of the molecule is O=C(O)c1cccc(NCCc2ccc(Br)s2)n1. The lowest BCUT2D eigenvalue weighted by molar-refractivity contribution is 0.0690. The molecule has 0 bridgehead atoms. The molecule has 0 aliphatic rings. The summed E-state index contributed by atoms with van der Waals surface area (Å²) in [7, 11) is 0. The molecule has 0 aliphatic heterocycles. The number of anilines is 1. The van der Waals surface area contributed by atoms with Crippen molar-refractivity contribution >= 4 is 39.1 Å². The molecule has 2 aromatic rings. The third-order valence-electron chi connectivity index (χ3n) is 2.27. The Morgan fingerprint density at radius 1 is 1.39 bits per heavy atom. The second-order valence-electron chi connectivity index (χ2n) is 3.60. The van der Waals surface area contributed by atoms with E-state index in [1.165, 1.54) is 10.9 Å². The Labute approximate surface area is 117 Å². The minimum Gasteiger partial charge on any atom is -0.477 e. The summed E-state index contributed by atoms with van der Waals surface area (Å²) in [5.74, 6) is -0.425. The minimum atomic E-state index is -1.01. The van der Waals surface area contributed by atoms with E-state index in [0.29, 0.717) is 5.82 Å². The normalized spacial score (nSPS) is 10.3. The number of nitrogens with one attached hydrogen (secondary N) is 1. The van der Waals surface area contributed by atoms with E-state index in [2.05, 4.69) is 32.3 Å². The van der Waals surface area contributed by atoms with Crippen molar-refractivity contribution < 1.29 is 9.90 Å². The molecule has 18 heavy (non-hydrogen) atoms. The predicted molar refractivity (Wildman–Crippen MR) is 75.4 cm³/mol. The fourth-order valence-electron chi connectivity index (χ4n) is 1.45. The first-order valence-electron chi connectivity index (χ1n) is 5.33. The van der Waals surface area contributed by atoms with Crippen molar-refractivity contribution in [2.45, 2.75) is 6.42 Å². The van der Waals surface area contributed by atoms with E-state index in [4.69, 9.17) is 5.11 Å². The second-order valence-corrected chi connectivity index (χ2v) is 6.14. The highest BCUT2D eigenvalue weighted by Gasteiger charge is 2.04. The molecule has 0 fully saturated rings. The fraction of sp³-hybridized carbons (Fsp3) is 0.167. The summed E-state index contributed by atoms with van der Waals surface area (Å²) in [6.07, 6.45) is 0.884. The van der Waals surface area contributed by atoms with Crippen LogP contribution in [0.15, 0.2) is 34.1 Å². The van der Waals surface area contributed by atoms with Gasteiger partial charge in [0.15, 0.2) is 5.69 Å². The van der Waals surface area contributed by atoms with Gasteiger partial charge in [0.2, 0.25) is 0 Å². The van der Waals surface area contributed by atoms with E-state index < -0.39 is 5.97 Å². The maximum Gasteiger partial charge on any atom is 0.354 e. The molecule has 0 spiro atoms. The van der Waals surface area contributed by atoms with Crippen molar-refractivity contribution in [3.05, 3.63) is 44.7 Å². The molecular formula is C12H11BrN2O2S. The Kier molecular flexibility index (Phi) is 4.33. The van der Waals surface area contributed by atoms with Crippen LogP contribution >= 0.6 is 27.3 Å². The van der Waals surface area contributed by atoms with Crippen LogP contribution in [-0.2, 0) is 6.42 Å². The molecule has 2 rings (SSSR count). The molecule has 0 atom stereocenters. The van der Waals surface area contributed by atoms with Gasteiger partial charge in [-0.05, 0) is 46.6 Å². The van der Waals surface area contributed by atoms with Crippen LogP contribution in [0.3, 0.4) is 0 Å². The number of hydrogen-bond donors (Lipinski definition) is 2. The summed E-state index contributed by atoms with van der Waals surface area (Å²) in [6.45, 7) is 0.725. The van der Waals surface area contributed by atoms with Crippen molar-refractivity contribution in [3.8, 4) is 0 Å². The number of rotatable bonds is 5. The van der Waals surface area contributed by atoms with Crippen LogP contribution in [0, 0.1) is 0 Å². The first-order chi connectivity index (χ1) is 8.65. The Bertz CT molecular complexity index is 557. The summed E-state index contributed by atoms with van der Waals surface area (Å²) < 4.78 is 1.11. The summed E-state index contributed by atoms with van der Waals surface area (Å²) in [5.41, 5.74) is 0.0545. The summed E-state index contributed by atoms with van der Waals surface area (Å²) >= 11 is 5.11. The third-order valence-corrected chi connectivity index (χ3v) is 3.96. The number of nitrogens with zero attached hydrogens (tertiary/aromatic N) is 1. The van der Waals surface area contributed by atoms with Crippen LogP contribution in [0.25, 0.3) is 0 Å². The number of carboxylic acids is 1. The van der Waals surface area contributed by atoms with Gasteiger partial charge >= 0.3 is 5.97 Å². The molecule has 94 valence electrons. The van der Waals surface area contributed by atoms with Gasteiger partial charge in [-0.15, -0.1) is 11.3 Å². The average Bonchev–Trinajstić information content (AvgIpc) is 2.75. The van der Waals surface area contributed by atoms with Gasteiger partial charge in [0.25, 0.3) is 0 Å². The van der Waals surface area contributed by atoms with Crippen LogP contribution in [0.1, 0.15) is 15.4 Å². The highest BCUT2D eigenvalue weighted by atomic mass is 79.9. The molecule has 0 aromatic carbocycles. The van der Waals surface area contributed by atoms with Gasteiger partial charge in [0.1, 0.15) is 5.82 Å². The number of hydrogen-bond acceptors (Lipinski definition) is 4. The van der Waals surface area contributed by atoms with Crippen LogP contribution in [0.5, 0.6) is 0 Å². The molecule has 0 aliphatic carbocycles. The summed E-state index contributed by atoms with van der Waals surface area (Å²) in [6, 6.07) is 9.00. The molecule has 2 heterocycles. The molecule has 6 heteroatoms. The molecule has 0 amide bonds.